The molecule has 0 aromatic heterocycles. The van der Waals surface area contributed by atoms with Crippen LogP contribution in [0.25, 0.3) is 0 Å². The molecule has 14 heteroatoms. The van der Waals surface area contributed by atoms with Gasteiger partial charge in [0.2, 0.25) is 0 Å². The molecule has 0 spiro atoms. The van der Waals surface area contributed by atoms with Gasteiger partial charge in [0.15, 0.2) is 23.4 Å². The van der Waals surface area contributed by atoms with Gasteiger partial charge in [0, 0.05) is 17.7 Å². The quantitative estimate of drug-likeness (QED) is 0.443. The molecule has 2 aromatic carbocycles. The smallest absolute Gasteiger partial charge is 0.470 e. The number of piperidine rings is 1. The summed E-state index contributed by atoms with van der Waals surface area (Å²) in [5.41, 5.74) is -3.04. The number of carbonyl (C=O) groups excluding carboxylic acids is 1. The second kappa shape index (κ2) is 10.2. The van der Waals surface area contributed by atoms with Crippen molar-refractivity contribution in [2.75, 3.05) is 18.5 Å². The maximum Gasteiger partial charge on any atom is 0.573 e. The number of ether oxygens (including phenoxy) is 3. The van der Waals surface area contributed by atoms with Crippen molar-refractivity contribution in [1.29, 1.82) is 0 Å². The highest BCUT2D eigenvalue weighted by molar-refractivity contribution is 5.89. The molecule has 0 radical (unpaired) electrons. The van der Waals surface area contributed by atoms with E-state index in [-0.39, 0.29) is 12.3 Å². The van der Waals surface area contributed by atoms with Crippen molar-refractivity contribution in [3.63, 3.8) is 0 Å². The largest absolute Gasteiger partial charge is 0.573 e. The highest BCUT2D eigenvalue weighted by Gasteiger charge is 2.63. The molecule has 3 N–H and O–H groups in total. The number of anilines is 1. The number of carbonyl (C=O) groups is 1. The summed E-state index contributed by atoms with van der Waals surface area (Å²) in [5, 5.41) is 7.96. The van der Waals surface area contributed by atoms with E-state index in [0.717, 1.165) is 30.3 Å². The molecule has 2 fully saturated rings. The molecule has 0 bridgehead atoms. The summed E-state index contributed by atoms with van der Waals surface area (Å²) < 4.78 is 108. The van der Waals surface area contributed by atoms with Crippen LogP contribution in [0.5, 0.6) is 11.5 Å². The van der Waals surface area contributed by atoms with Gasteiger partial charge in [-0.3, -0.25) is 5.32 Å². The Bertz CT molecular complexity index is 1100. The van der Waals surface area contributed by atoms with Gasteiger partial charge in [-0.05, 0) is 49.7 Å². The van der Waals surface area contributed by atoms with Gasteiger partial charge in [0.25, 0.3) is 0 Å². The van der Waals surface area contributed by atoms with Gasteiger partial charge in [0.05, 0.1) is 12.6 Å². The lowest BCUT2D eigenvalue weighted by atomic mass is 9.85. The molecule has 202 valence electrons. The van der Waals surface area contributed by atoms with E-state index in [2.05, 4.69) is 20.7 Å². The number of nitrogens with one attached hydrogen (secondary N) is 3. The number of amides is 2. The van der Waals surface area contributed by atoms with Gasteiger partial charge in [-0.25, -0.2) is 9.18 Å². The third kappa shape index (κ3) is 6.01. The maximum absolute atomic E-state index is 14.7. The number of rotatable bonds is 6. The van der Waals surface area contributed by atoms with E-state index in [1.54, 1.807) is 0 Å². The minimum Gasteiger partial charge on any atom is -0.470 e. The van der Waals surface area contributed by atoms with Crippen LogP contribution in [0.15, 0.2) is 42.5 Å². The van der Waals surface area contributed by atoms with Crippen molar-refractivity contribution in [1.82, 2.24) is 10.6 Å². The van der Waals surface area contributed by atoms with Gasteiger partial charge in [-0.15, -0.1) is 13.2 Å². The normalized spacial score (nSPS) is 24.1. The molecule has 2 amide bonds. The summed E-state index contributed by atoms with van der Waals surface area (Å²) in [6, 6.07) is 6.05. The summed E-state index contributed by atoms with van der Waals surface area (Å²) in [7, 11) is 0. The Balaban J connectivity index is 1.46. The summed E-state index contributed by atoms with van der Waals surface area (Å²) in [4.78, 5) is 12.5. The molecule has 2 unspecified atom stereocenters. The molecular weight excluding hydrogens is 515 g/mol. The number of para-hydroxylation sites is 1. The number of alkyl halides is 6. The lowest BCUT2D eigenvalue weighted by Gasteiger charge is -2.44. The third-order valence-electron chi connectivity index (χ3n) is 5.97. The van der Waals surface area contributed by atoms with Crippen LogP contribution in [0.1, 0.15) is 24.8 Å². The van der Waals surface area contributed by atoms with E-state index in [9.17, 15) is 35.5 Å². The Morgan fingerprint density at radius 1 is 1.08 bits per heavy atom. The number of urea groups is 1. The van der Waals surface area contributed by atoms with Gasteiger partial charge >= 0.3 is 18.6 Å². The zero-order chi connectivity index (χ0) is 26.8. The van der Waals surface area contributed by atoms with E-state index in [0.29, 0.717) is 19.4 Å². The Morgan fingerprint density at radius 3 is 2.38 bits per heavy atom. The standard InChI is InChI=1S/C23H22F7N3O4/c24-16-4-1-3-15(21(10-12-35-21)22(25,26)27)18(16)36-19-17(5-2-11-31-19)33-20(34)32-13-6-8-14(9-7-13)37-23(28,29)30/h1,3-4,6-9,17,19,31H,2,5,10-12H2,(H2,32,33,34)/t17?,19?,21-/m0/s1. The zero-order valence-electron chi connectivity index (χ0n) is 19.0. The Hall–Kier alpha value is -3.26. The van der Waals surface area contributed by atoms with Crippen LogP contribution in [0, 0.1) is 5.82 Å². The van der Waals surface area contributed by atoms with Crippen molar-refractivity contribution in [2.24, 2.45) is 0 Å². The average molecular weight is 537 g/mol. The van der Waals surface area contributed by atoms with Gasteiger partial charge < -0.3 is 24.8 Å². The Kier molecular flexibility index (Phi) is 7.42. The first-order chi connectivity index (χ1) is 17.4. The predicted molar refractivity (Wildman–Crippen MR) is 115 cm³/mol. The van der Waals surface area contributed by atoms with E-state index < -0.39 is 65.7 Å². The summed E-state index contributed by atoms with van der Waals surface area (Å²) in [5.74, 6) is -2.13. The van der Waals surface area contributed by atoms with E-state index in [1.807, 2.05) is 0 Å². The lowest BCUT2D eigenvalue weighted by molar-refractivity contribution is -0.334. The van der Waals surface area contributed by atoms with E-state index in [4.69, 9.17) is 9.47 Å². The molecule has 2 saturated heterocycles. The molecule has 2 aromatic rings. The molecule has 0 saturated carbocycles. The predicted octanol–water partition coefficient (Wildman–Crippen LogP) is 5.18. The van der Waals surface area contributed by atoms with Crippen molar-refractivity contribution in [2.45, 2.75) is 49.7 Å². The average Bonchev–Trinajstić information content (AvgIpc) is 2.75. The maximum atomic E-state index is 14.7. The molecule has 2 aliphatic rings. The number of hydrogen-bond acceptors (Lipinski definition) is 5. The third-order valence-corrected chi connectivity index (χ3v) is 5.97. The number of hydrogen-bond donors (Lipinski definition) is 3. The minimum absolute atomic E-state index is 0.148. The molecule has 0 aliphatic carbocycles. The van der Waals surface area contributed by atoms with Crippen molar-refractivity contribution in [3.05, 3.63) is 53.8 Å². The number of halogens is 7. The molecule has 37 heavy (non-hydrogen) atoms. The topological polar surface area (TPSA) is 80.9 Å². The van der Waals surface area contributed by atoms with Crippen LogP contribution in [0.2, 0.25) is 0 Å². The fourth-order valence-corrected chi connectivity index (χ4v) is 4.18. The van der Waals surface area contributed by atoms with E-state index in [1.165, 1.54) is 12.1 Å². The summed E-state index contributed by atoms with van der Waals surface area (Å²) in [6.07, 6.45) is -10.2. The van der Waals surface area contributed by atoms with Crippen LogP contribution < -0.4 is 25.4 Å². The van der Waals surface area contributed by atoms with Gasteiger partial charge in [-0.1, -0.05) is 12.1 Å². The summed E-state index contributed by atoms with van der Waals surface area (Å²) in [6.45, 7) is 0.251. The van der Waals surface area contributed by atoms with Crippen LogP contribution in [-0.4, -0.2) is 44.0 Å². The van der Waals surface area contributed by atoms with Crippen molar-refractivity contribution < 1.29 is 49.7 Å². The first-order valence-electron chi connectivity index (χ1n) is 11.2. The molecule has 4 rings (SSSR count). The monoisotopic (exact) mass is 537 g/mol. The highest BCUT2D eigenvalue weighted by atomic mass is 19.4. The van der Waals surface area contributed by atoms with Crippen LogP contribution in [0.4, 0.5) is 41.2 Å². The second-order valence-corrected chi connectivity index (χ2v) is 8.45. The van der Waals surface area contributed by atoms with Crippen molar-refractivity contribution in [3.8, 4) is 11.5 Å². The zero-order valence-corrected chi connectivity index (χ0v) is 19.0. The van der Waals surface area contributed by atoms with E-state index >= 15 is 0 Å². The first kappa shape index (κ1) is 26.8. The van der Waals surface area contributed by atoms with Crippen molar-refractivity contribution >= 4 is 11.7 Å². The second-order valence-electron chi connectivity index (χ2n) is 8.45. The Labute approximate surface area is 206 Å². The molecule has 2 aliphatic heterocycles. The van der Waals surface area contributed by atoms with Gasteiger partial charge in [-0.2, -0.15) is 13.2 Å². The fourth-order valence-electron chi connectivity index (χ4n) is 4.18. The van der Waals surface area contributed by atoms with Gasteiger partial charge in [0.1, 0.15) is 5.75 Å². The SMILES string of the molecule is O=C(Nc1ccc(OC(F)(F)F)cc1)NC1CCCNC1Oc1c(F)cccc1[C@]1(C(F)(F)F)CCO1. The number of benzene rings is 2. The molecular formula is C23H22F7N3O4. The summed E-state index contributed by atoms with van der Waals surface area (Å²) >= 11 is 0. The highest BCUT2D eigenvalue weighted by Crippen LogP contribution is 2.53. The molecule has 3 atom stereocenters. The fraction of sp³-hybridized carbons (Fsp3) is 0.435. The first-order valence-corrected chi connectivity index (χ1v) is 11.2. The van der Waals surface area contributed by atoms with Crippen LogP contribution in [0.3, 0.4) is 0 Å². The van der Waals surface area contributed by atoms with Crippen LogP contribution >= 0.6 is 0 Å². The lowest BCUT2D eigenvalue weighted by Crippen LogP contribution is -2.57. The molecule has 7 nitrogen and oxygen atoms in total. The molecule has 2 heterocycles. The Morgan fingerprint density at radius 2 is 1.78 bits per heavy atom. The van der Waals surface area contributed by atoms with Crippen LogP contribution in [-0.2, 0) is 10.3 Å². The minimum atomic E-state index is -4.86.